The van der Waals surface area contributed by atoms with E-state index in [0.29, 0.717) is 0 Å². The topological polar surface area (TPSA) is 3.88 Å². The molecule has 1 aromatic carbocycles. The molecule has 0 amide bonds. The third-order valence-electron chi connectivity index (χ3n) is 2.64. The highest BCUT2D eigenvalue weighted by Gasteiger charge is 2.19. The number of aryl methyl sites for hydroxylation is 2. The van der Waals surface area contributed by atoms with E-state index in [0.717, 1.165) is 0 Å². The monoisotopic (exact) mass is 365 g/mol. The Balaban J connectivity index is 0.00000128. The third kappa shape index (κ3) is 2.41. The lowest BCUT2D eigenvalue weighted by atomic mass is 10.2. The van der Waals surface area contributed by atoms with E-state index in [-0.39, 0.29) is 12.4 Å². The zero-order chi connectivity index (χ0) is 11.0. The largest absolute Gasteiger partial charge is 1.00 e. The molecular weight excluding hydrogens is 353 g/mol. The molecule has 1 heterocycles. The highest BCUT2D eigenvalue weighted by molar-refractivity contribution is 14.1. The lowest BCUT2D eigenvalue weighted by molar-refractivity contribution is -0.598. The van der Waals surface area contributed by atoms with Crippen molar-refractivity contribution in [3.05, 3.63) is 43.4 Å². The molecule has 0 unspecified atom stereocenters. The van der Waals surface area contributed by atoms with Crippen molar-refractivity contribution in [3.8, 4) is 5.69 Å². The standard InChI is InChI=1S/C12H13INS.ClH/c1-8-5-4-6-11(13)12(8)14-7-15-10(3)9(14)2;/h4-7H,1-3H3;1H/q+1;/p-1. The maximum absolute atomic E-state index is 2.40. The number of aromatic nitrogens is 1. The minimum Gasteiger partial charge on any atom is -1.00 e. The Hall–Kier alpha value is -0.130. The van der Waals surface area contributed by atoms with Crippen molar-refractivity contribution in [3.63, 3.8) is 0 Å². The molecule has 16 heavy (non-hydrogen) atoms. The van der Waals surface area contributed by atoms with Crippen LogP contribution in [0.3, 0.4) is 0 Å². The molecule has 0 spiro atoms. The molecule has 0 aliphatic rings. The van der Waals surface area contributed by atoms with Crippen molar-refractivity contribution in [2.24, 2.45) is 0 Å². The Bertz CT molecular complexity index is 487. The van der Waals surface area contributed by atoms with Gasteiger partial charge in [0.2, 0.25) is 11.2 Å². The van der Waals surface area contributed by atoms with Crippen LogP contribution in [0.25, 0.3) is 5.69 Å². The summed E-state index contributed by atoms with van der Waals surface area (Å²) in [4.78, 5) is 1.38. The van der Waals surface area contributed by atoms with E-state index >= 15 is 0 Å². The van der Waals surface area contributed by atoms with Crippen molar-refractivity contribution in [1.82, 2.24) is 0 Å². The maximum atomic E-state index is 2.40. The van der Waals surface area contributed by atoms with Crippen LogP contribution in [-0.4, -0.2) is 0 Å². The van der Waals surface area contributed by atoms with Gasteiger partial charge < -0.3 is 12.4 Å². The number of hydrogen-bond acceptors (Lipinski definition) is 1. The van der Waals surface area contributed by atoms with Crippen LogP contribution in [0, 0.1) is 24.3 Å². The van der Waals surface area contributed by atoms with E-state index in [4.69, 9.17) is 0 Å². The number of benzene rings is 1. The number of thiazole rings is 1. The summed E-state index contributed by atoms with van der Waals surface area (Å²) in [6, 6.07) is 6.43. The first-order chi connectivity index (χ1) is 7.11. The minimum atomic E-state index is 0. The fourth-order valence-electron chi connectivity index (χ4n) is 1.61. The van der Waals surface area contributed by atoms with Crippen LogP contribution in [0.4, 0.5) is 0 Å². The van der Waals surface area contributed by atoms with Crippen molar-refractivity contribution in [2.45, 2.75) is 20.8 Å². The molecule has 0 radical (unpaired) electrons. The SMILES string of the molecule is Cc1cccc(I)c1-[n+]1csc(C)c1C.[Cl-]. The number of halogens is 2. The molecule has 0 saturated carbocycles. The fraction of sp³-hybridized carbons (Fsp3) is 0.250. The van der Waals surface area contributed by atoms with Gasteiger partial charge >= 0.3 is 0 Å². The van der Waals surface area contributed by atoms with Gasteiger partial charge in [0.25, 0.3) is 0 Å². The fourth-order valence-corrected chi connectivity index (χ4v) is 3.30. The summed E-state index contributed by atoms with van der Waals surface area (Å²) in [5.41, 5.74) is 6.18. The van der Waals surface area contributed by atoms with Gasteiger partial charge in [-0.1, -0.05) is 23.5 Å². The molecule has 0 fully saturated rings. The van der Waals surface area contributed by atoms with Crippen LogP contribution in [0.2, 0.25) is 0 Å². The number of rotatable bonds is 1. The van der Waals surface area contributed by atoms with Crippen molar-refractivity contribution >= 4 is 33.9 Å². The second-order valence-electron chi connectivity index (χ2n) is 3.64. The zero-order valence-corrected chi connectivity index (χ0v) is 13.2. The Morgan fingerprint density at radius 1 is 1.19 bits per heavy atom. The zero-order valence-electron chi connectivity index (χ0n) is 9.42. The Kier molecular flexibility index (Phi) is 4.76. The van der Waals surface area contributed by atoms with E-state index < -0.39 is 0 Å². The van der Waals surface area contributed by atoms with Gasteiger partial charge in [-0.2, -0.15) is 4.57 Å². The van der Waals surface area contributed by atoms with E-state index in [9.17, 15) is 0 Å². The van der Waals surface area contributed by atoms with Crippen molar-refractivity contribution in [1.29, 1.82) is 0 Å². The van der Waals surface area contributed by atoms with Gasteiger partial charge in [0.05, 0.1) is 8.45 Å². The van der Waals surface area contributed by atoms with Crippen LogP contribution in [0.15, 0.2) is 23.7 Å². The summed E-state index contributed by atoms with van der Waals surface area (Å²) in [5.74, 6) is 0. The number of para-hydroxylation sites is 1. The maximum Gasteiger partial charge on any atom is 0.231 e. The van der Waals surface area contributed by atoms with Gasteiger partial charge in [0, 0.05) is 12.5 Å². The van der Waals surface area contributed by atoms with Crippen LogP contribution < -0.4 is 17.0 Å². The molecule has 1 aromatic heterocycles. The lowest BCUT2D eigenvalue weighted by Gasteiger charge is -2.01. The first-order valence-electron chi connectivity index (χ1n) is 4.83. The molecule has 0 aliphatic carbocycles. The van der Waals surface area contributed by atoms with Gasteiger partial charge in [-0.15, -0.1) is 0 Å². The van der Waals surface area contributed by atoms with Crippen molar-refractivity contribution in [2.75, 3.05) is 0 Å². The molecule has 0 bridgehead atoms. The first kappa shape index (κ1) is 13.9. The van der Waals surface area contributed by atoms with Gasteiger partial charge in [-0.05, 0) is 42.5 Å². The third-order valence-corrected chi connectivity index (χ3v) is 4.47. The summed E-state index contributed by atoms with van der Waals surface area (Å²) in [6.07, 6.45) is 0. The molecule has 2 rings (SSSR count). The summed E-state index contributed by atoms with van der Waals surface area (Å²) < 4.78 is 3.59. The number of hydrogen-bond donors (Lipinski definition) is 0. The summed E-state index contributed by atoms with van der Waals surface area (Å²) in [7, 11) is 0. The lowest BCUT2D eigenvalue weighted by Crippen LogP contribution is -3.00. The predicted octanol–water partition coefficient (Wildman–Crippen LogP) is 0.559. The molecule has 86 valence electrons. The molecule has 1 nitrogen and oxygen atoms in total. The second kappa shape index (κ2) is 5.47. The average Bonchev–Trinajstić information content (AvgIpc) is 2.49. The number of nitrogens with zero attached hydrogens (tertiary/aromatic N) is 1. The van der Waals surface area contributed by atoms with Crippen molar-refractivity contribution < 1.29 is 17.0 Å². The predicted molar refractivity (Wildman–Crippen MR) is 72.8 cm³/mol. The summed E-state index contributed by atoms with van der Waals surface area (Å²) in [5, 5.41) is 0. The van der Waals surface area contributed by atoms with Crippen LogP contribution in [0.5, 0.6) is 0 Å². The van der Waals surface area contributed by atoms with Gasteiger partial charge in [0.15, 0.2) is 5.69 Å². The first-order valence-corrected chi connectivity index (χ1v) is 6.79. The van der Waals surface area contributed by atoms with Gasteiger partial charge in [-0.3, -0.25) is 0 Å². The average molecular weight is 366 g/mol. The minimum absolute atomic E-state index is 0. The summed E-state index contributed by atoms with van der Waals surface area (Å²) >= 11 is 4.20. The molecule has 0 N–H and O–H groups in total. The van der Waals surface area contributed by atoms with Gasteiger partial charge in [-0.25, -0.2) is 0 Å². The highest BCUT2D eigenvalue weighted by atomic mass is 127. The van der Waals surface area contributed by atoms with Crippen LogP contribution in [-0.2, 0) is 0 Å². The van der Waals surface area contributed by atoms with Crippen LogP contribution >= 0.6 is 33.9 Å². The molecule has 2 aromatic rings. The molecule has 0 aliphatic heterocycles. The van der Waals surface area contributed by atoms with Crippen LogP contribution in [0.1, 0.15) is 16.1 Å². The van der Waals surface area contributed by atoms with Gasteiger partial charge in [0.1, 0.15) is 0 Å². The normalized spacial score (nSPS) is 10.0. The van der Waals surface area contributed by atoms with E-state index in [1.165, 1.54) is 25.4 Å². The van der Waals surface area contributed by atoms with E-state index in [1.807, 2.05) is 0 Å². The summed E-state index contributed by atoms with van der Waals surface area (Å²) in [6.45, 7) is 6.51. The molecule has 4 heteroatoms. The Morgan fingerprint density at radius 3 is 2.38 bits per heavy atom. The highest BCUT2D eigenvalue weighted by Crippen LogP contribution is 2.19. The van der Waals surface area contributed by atoms with E-state index in [1.54, 1.807) is 11.3 Å². The second-order valence-corrected chi connectivity index (χ2v) is 5.86. The molecular formula is C12H13ClINS. The molecule has 0 saturated heterocycles. The smallest absolute Gasteiger partial charge is 0.231 e. The Labute approximate surface area is 120 Å². The molecule has 0 atom stereocenters. The van der Waals surface area contributed by atoms with E-state index in [2.05, 4.69) is 71.6 Å². The Morgan fingerprint density at radius 2 is 1.88 bits per heavy atom. The quantitative estimate of drug-likeness (QED) is 0.514.